The number of carbonyl (C=O) groups is 1. The predicted molar refractivity (Wildman–Crippen MR) is 43.7 cm³/mol. The highest BCUT2D eigenvalue weighted by Crippen LogP contribution is 2.14. The van der Waals surface area contributed by atoms with Gasteiger partial charge >= 0.3 is 0 Å². The first kappa shape index (κ1) is 8.75. The van der Waals surface area contributed by atoms with E-state index in [2.05, 4.69) is 0 Å². The lowest BCUT2D eigenvalue weighted by Gasteiger charge is -2.14. The minimum atomic E-state index is -0.0838. The lowest BCUT2D eigenvalue weighted by Crippen LogP contribution is -2.26. The summed E-state index contributed by atoms with van der Waals surface area (Å²) in [5.74, 6) is 0.00602. The molecule has 1 rings (SSSR count). The first-order valence-electron chi connectivity index (χ1n) is 3.77. The summed E-state index contributed by atoms with van der Waals surface area (Å²) >= 11 is 0. The molecule has 0 saturated carbocycles. The summed E-state index contributed by atoms with van der Waals surface area (Å²) in [4.78, 5) is 12.7. The molecule has 1 heterocycles. The fourth-order valence-electron chi connectivity index (χ4n) is 1.25. The van der Waals surface area contributed by atoms with Crippen LogP contribution in [0.15, 0.2) is 11.8 Å². The van der Waals surface area contributed by atoms with Gasteiger partial charge in [-0.1, -0.05) is 0 Å². The molecule has 1 amide bonds. The number of amides is 1. The Kier molecular flexibility index (Phi) is 2.46. The summed E-state index contributed by atoms with van der Waals surface area (Å²) in [6.07, 6.45) is 1.74. The van der Waals surface area contributed by atoms with E-state index in [4.69, 9.17) is 11.0 Å². The van der Waals surface area contributed by atoms with Crippen molar-refractivity contribution in [2.24, 2.45) is 5.73 Å². The van der Waals surface area contributed by atoms with Gasteiger partial charge in [0.2, 0.25) is 5.91 Å². The molecule has 4 heteroatoms. The quantitative estimate of drug-likeness (QED) is 0.555. The number of allylic oxidation sites excluding steroid dienone is 2. The van der Waals surface area contributed by atoms with Gasteiger partial charge in [-0.25, -0.2) is 0 Å². The van der Waals surface area contributed by atoms with Crippen molar-refractivity contribution in [1.82, 2.24) is 4.90 Å². The van der Waals surface area contributed by atoms with Crippen LogP contribution >= 0.6 is 0 Å². The summed E-state index contributed by atoms with van der Waals surface area (Å²) in [5, 5.41) is 8.35. The summed E-state index contributed by atoms with van der Waals surface area (Å²) in [6, 6.07) is 1.80. The molecule has 1 saturated heterocycles. The van der Waals surface area contributed by atoms with E-state index in [0.717, 1.165) is 0 Å². The average molecular weight is 165 g/mol. The number of rotatable bonds is 1. The maximum atomic E-state index is 11.2. The normalized spacial score (nSPS) is 24.4. The highest BCUT2D eigenvalue weighted by molar-refractivity contribution is 5.81. The van der Waals surface area contributed by atoms with E-state index in [9.17, 15) is 4.79 Å². The van der Waals surface area contributed by atoms with E-state index in [1.54, 1.807) is 11.8 Å². The molecule has 1 atom stereocenters. The molecular formula is C8H11N3O. The molecule has 0 spiro atoms. The molecule has 0 radical (unpaired) electrons. The van der Waals surface area contributed by atoms with Crippen LogP contribution in [0.5, 0.6) is 0 Å². The maximum absolute atomic E-state index is 11.2. The summed E-state index contributed by atoms with van der Waals surface area (Å²) in [7, 11) is 0. The van der Waals surface area contributed by atoms with Crippen LogP contribution in [-0.4, -0.2) is 23.4 Å². The van der Waals surface area contributed by atoms with E-state index in [1.165, 1.54) is 6.08 Å². The minimum Gasteiger partial charge on any atom is -0.326 e. The highest BCUT2D eigenvalue weighted by Gasteiger charge is 2.27. The largest absolute Gasteiger partial charge is 0.326 e. The Labute approximate surface area is 71.3 Å². The van der Waals surface area contributed by atoms with Crippen molar-refractivity contribution >= 4 is 5.91 Å². The zero-order chi connectivity index (χ0) is 9.14. The molecule has 12 heavy (non-hydrogen) atoms. The molecule has 0 aromatic carbocycles. The van der Waals surface area contributed by atoms with Gasteiger partial charge in [0.15, 0.2) is 0 Å². The standard InChI is InChI=1S/C8H11N3O/c1-6(2-3-9)11-5-7(10)4-8(11)12/h2,7H,4-5,10H2,1H3. The molecule has 1 unspecified atom stereocenters. The van der Waals surface area contributed by atoms with Crippen LogP contribution in [0.2, 0.25) is 0 Å². The number of nitrogens with zero attached hydrogens (tertiary/aromatic N) is 2. The van der Waals surface area contributed by atoms with Crippen LogP contribution in [-0.2, 0) is 4.79 Å². The van der Waals surface area contributed by atoms with Crippen LogP contribution in [0.25, 0.3) is 0 Å². The Bertz CT molecular complexity index is 264. The fourth-order valence-corrected chi connectivity index (χ4v) is 1.25. The van der Waals surface area contributed by atoms with Crippen molar-refractivity contribution in [3.05, 3.63) is 11.8 Å². The van der Waals surface area contributed by atoms with Gasteiger partial charge in [0.1, 0.15) is 0 Å². The van der Waals surface area contributed by atoms with Crippen molar-refractivity contribution in [2.75, 3.05) is 6.54 Å². The minimum absolute atomic E-state index is 0.00602. The van der Waals surface area contributed by atoms with Crippen LogP contribution in [0.4, 0.5) is 0 Å². The molecule has 0 aromatic rings. The van der Waals surface area contributed by atoms with Gasteiger partial charge in [-0.2, -0.15) is 5.26 Å². The van der Waals surface area contributed by atoms with Gasteiger partial charge in [0.25, 0.3) is 0 Å². The van der Waals surface area contributed by atoms with Crippen molar-refractivity contribution < 1.29 is 4.79 Å². The van der Waals surface area contributed by atoms with E-state index in [0.29, 0.717) is 18.7 Å². The van der Waals surface area contributed by atoms with Crippen LogP contribution in [0.3, 0.4) is 0 Å². The number of nitrogens with two attached hydrogens (primary N) is 1. The molecule has 1 aliphatic heterocycles. The van der Waals surface area contributed by atoms with E-state index in [1.807, 2.05) is 6.07 Å². The number of likely N-dealkylation sites (tertiary alicyclic amines) is 1. The van der Waals surface area contributed by atoms with Gasteiger partial charge in [0.05, 0.1) is 6.07 Å². The number of carbonyl (C=O) groups excluding carboxylic acids is 1. The second-order valence-corrected chi connectivity index (χ2v) is 2.88. The van der Waals surface area contributed by atoms with Crippen molar-refractivity contribution in [3.8, 4) is 6.07 Å². The molecule has 1 aliphatic rings. The molecule has 0 aliphatic carbocycles. The number of hydrogen-bond acceptors (Lipinski definition) is 3. The first-order valence-corrected chi connectivity index (χ1v) is 3.77. The Hall–Kier alpha value is -1.34. The number of nitriles is 1. The van der Waals surface area contributed by atoms with Crippen molar-refractivity contribution in [1.29, 1.82) is 5.26 Å². The third kappa shape index (κ3) is 1.63. The first-order chi connectivity index (χ1) is 5.65. The third-order valence-electron chi connectivity index (χ3n) is 1.85. The zero-order valence-corrected chi connectivity index (χ0v) is 6.95. The molecule has 64 valence electrons. The van der Waals surface area contributed by atoms with Gasteiger partial charge in [-0.15, -0.1) is 0 Å². The second kappa shape index (κ2) is 3.37. The summed E-state index contributed by atoms with van der Waals surface area (Å²) in [6.45, 7) is 2.27. The van der Waals surface area contributed by atoms with E-state index < -0.39 is 0 Å². The topological polar surface area (TPSA) is 70.1 Å². The lowest BCUT2D eigenvalue weighted by molar-refractivity contribution is -0.126. The lowest BCUT2D eigenvalue weighted by atomic mass is 10.3. The Morgan fingerprint density at radius 1 is 1.92 bits per heavy atom. The summed E-state index contributed by atoms with van der Waals surface area (Å²) < 4.78 is 0. The van der Waals surface area contributed by atoms with Crippen molar-refractivity contribution in [2.45, 2.75) is 19.4 Å². The number of hydrogen-bond donors (Lipinski definition) is 1. The highest BCUT2D eigenvalue weighted by atomic mass is 16.2. The van der Waals surface area contributed by atoms with Gasteiger partial charge in [0, 0.05) is 30.8 Å². The van der Waals surface area contributed by atoms with Gasteiger partial charge in [-0.05, 0) is 6.92 Å². The SMILES string of the molecule is CC(=CC#N)N1CC(N)CC1=O. The molecule has 2 N–H and O–H groups in total. The third-order valence-corrected chi connectivity index (χ3v) is 1.85. The Morgan fingerprint density at radius 2 is 2.58 bits per heavy atom. The second-order valence-electron chi connectivity index (χ2n) is 2.88. The van der Waals surface area contributed by atoms with Gasteiger partial charge in [-0.3, -0.25) is 4.79 Å². The zero-order valence-electron chi connectivity index (χ0n) is 6.95. The van der Waals surface area contributed by atoms with Gasteiger partial charge < -0.3 is 10.6 Å². The molecular weight excluding hydrogens is 154 g/mol. The van der Waals surface area contributed by atoms with Crippen LogP contribution in [0.1, 0.15) is 13.3 Å². The van der Waals surface area contributed by atoms with Crippen molar-refractivity contribution in [3.63, 3.8) is 0 Å². The van der Waals surface area contributed by atoms with E-state index >= 15 is 0 Å². The average Bonchev–Trinajstić information content (AvgIpc) is 2.30. The molecule has 0 bridgehead atoms. The fraction of sp³-hybridized carbons (Fsp3) is 0.500. The Morgan fingerprint density at radius 3 is 3.00 bits per heavy atom. The molecule has 4 nitrogen and oxygen atoms in total. The monoisotopic (exact) mass is 165 g/mol. The maximum Gasteiger partial charge on any atom is 0.228 e. The van der Waals surface area contributed by atoms with Crippen LogP contribution < -0.4 is 5.73 Å². The van der Waals surface area contributed by atoms with E-state index in [-0.39, 0.29) is 11.9 Å². The molecule has 1 fully saturated rings. The Balaban J connectivity index is 2.72. The molecule has 0 aromatic heterocycles. The summed E-state index contributed by atoms with van der Waals surface area (Å²) in [5.41, 5.74) is 6.25. The smallest absolute Gasteiger partial charge is 0.228 e. The predicted octanol–water partition coefficient (Wildman–Crippen LogP) is -0.0266. The van der Waals surface area contributed by atoms with Crippen LogP contribution in [0, 0.1) is 11.3 Å².